The predicted octanol–water partition coefficient (Wildman–Crippen LogP) is 2.96. The second-order valence-electron chi connectivity index (χ2n) is 2.98. The number of rotatable bonds is 1. The molecule has 0 bridgehead atoms. The molecule has 4 heteroatoms. The number of thiocarbonyl (C=S) groups is 1. The Labute approximate surface area is 93.5 Å². The number of hydrogen-bond acceptors (Lipinski definition) is 2. The zero-order chi connectivity index (χ0) is 10.7. The van der Waals surface area contributed by atoms with Crippen LogP contribution in [0.3, 0.4) is 0 Å². The van der Waals surface area contributed by atoms with Crippen molar-refractivity contribution >= 4 is 34.2 Å². The van der Waals surface area contributed by atoms with E-state index in [1.54, 1.807) is 7.05 Å². The Morgan fingerprint density at radius 3 is 2.29 bits per heavy atom. The molecule has 0 aromatic heterocycles. The molecule has 1 rings (SSSR count). The molecule has 1 amide bonds. The fourth-order valence-corrected chi connectivity index (χ4v) is 1.32. The van der Waals surface area contributed by atoms with E-state index in [0.29, 0.717) is 4.99 Å². The summed E-state index contributed by atoms with van der Waals surface area (Å²) in [6, 6.07) is 7.62. The molecule has 0 saturated carbocycles. The molecular formula is C10H10ClNOS. The summed E-state index contributed by atoms with van der Waals surface area (Å²) in [4.78, 5) is 12.5. The Hall–Kier alpha value is -0.930. The Bertz CT molecular complexity index is 361. The standard InChI is InChI=1S/C10H10ClNOS/c1-7-3-5-8(6-4-7)9(14)12(2)10(11)13/h3-6H,1-2H3. The summed E-state index contributed by atoms with van der Waals surface area (Å²) in [6.45, 7) is 1.99. The topological polar surface area (TPSA) is 20.3 Å². The average Bonchev–Trinajstić information content (AvgIpc) is 2.16. The van der Waals surface area contributed by atoms with Gasteiger partial charge in [0, 0.05) is 12.6 Å². The molecule has 0 fully saturated rings. The predicted molar refractivity (Wildman–Crippen MR) is 61.9 cm³/mol. The van der Waals surface area contributed by atoms with Crippen LogP contribution >= 0.6 is 23.8 Å². The lowest BCUT2D eigenvalue weighted by Gasteiger charge is -2.14. The Balaban J connectivity index is 2.90. The van der Waals surface area contributed by atoms with Crippen LogP contribution < -0.4 is 0 Å². The maximum Gasteiger partial charge on any atom is 0.321 e. The van der Waals surface area contributed by atoms with Gasteiger partial charge in [-0.25, -0.2) is 0 Å². The van der Waals surface area contributed by atoms with E-state index in [2.05, 4.69) is 0 Å². The molecule has 2 nitrogen and oxygen atoms in total. The molecule has 0 radical (unpaired) electrons. The summed E-state index contributed by atoms with van der Waals surface area (Å²) in [7, 11) is 1.55. The molecule has 0 saturated heterocycles. The zero-order valence-electron chi connectivity index (χ0n) is 7.95. The molecule has 1 aromatic rings. The van der Waals surface area contributed by atoms with Gasteiger partial charge in [-0.15, -0.1) is 0 Å². The Morgan fingerprint density at radius 2 is 1.86 bits per heavy atom. The highest BCUT2D eigenvalue weighted by Crippen LogP contribution is 2.08. The average molecular weight is 228 g/mol. The minimum Gasteiger partial charge on any atom is -0.292 e. The Morgan fingerprint density at radius 1 is 1.36 bits per heavy atom. The summed E-state index contributed by atoms with van der Waals surface area (Å²) < 4.78 is 0. The lowest BCUT2D eigenvalue weighted by Crippen LogP contribution is -2.27. The maximum absolute atomic E-state index is 10.8. The third-order valence-electron chi connectivity index (χ3n) is 1.87. The number of halogens is 1. The maximum atomic E-state index is 10.8. The second-order valence-corrected chi connectivity index (χ2v) is 3.69. The number of nitrogens with zero attached hydrogens (tertiary/aromatic N) is 1. The van der Waals surface area contributed by atoms with Crippen LogP contribution in [0.4, 0.5) is 4.79 Å². The van der Waals surface area contributed by atoms with Crippen molar-refractivity contribution in [1.82, 2.24) is 4.90 Å². The fourth-order valence-electron chi connectivity index (χ4n) is 0.970. The van der Waals surface area contributed by atoms with E-state index in [4.69, 9.17) is 23.8 Å². The lowest BCUT2D eigenvalue weighted by atomic mass is 10.1. The second kappa shape index (κ2) is 4.53. The number of benzene rings is 1. The van der Waals surface area contributed by atoms with E-state index in [1.807, 2.05) is 31.2 Å². The minimum atomic E-state index is -0.574. The van der Waals surface area contributed by atoms with E-state index in [1.165, 1.54) is 4.90 Å². The SMILES string of the molecule is Cc1ccc(C(=S)N(C)C(=O)Cl)cc1. The smallest absolute Gasteiger partial charge is 0.292 e. The van der Waals surface area contributed by atoms with Crippen molar-refractivity contribution in [2.75, 3.05) is 7.05 Å². The van der Waals surface area contributed by atoms with Crippen molar-refractivity contribution in [3.63, 3.8) is 0 Å². The van der Waals surface area contributed by atoms with E-state index < -0.39 is 5.37 Å². The first kappa shape index (κ1) is 11.1. The number of carbonyl (C=O) groups excluding carboxylic acids is 1. The van der Waals surface area contributed by atoms with Gasteiger partial charge in [-0.05, 0) is 18.5 Å². The normalized spacial score (nSPS) is 9.64. The molecule has 0 heterocycles. The molecule has 0 N–H and O–H groups in total. The van der Waals surface area contributed by atoms with Crippen LogP contribution in [-0.2, 0) is 0 Å². The van der Waals surface area contributed by atoms with Crippen molar-refractivity contribution in [3.8, 4) is 0 Å². The molecule has 0 atom stereocenters. The molecule has 74 valence electrons. The highest BCUT2D eigenvalue weighted by molar-refractivity contribution is 7.80. The van der Waals surface area contributed by atoms with E-state index in [-0.39, 0.29) is 0 Å². The largest absolute Gasteiger partial charge is 0.321 e. The van der Waals surface area contributed by atoms with Crippen molar-refractivity contribution in [1.29, 1.82) is 0 Å². The molecule has 0 aliphatic carbocycles. The van der Waals surface area contributed by atoms with Gasteiger partial charge in [-0.1, -0.05) is 42.0 Å². The van der Waals surface area contributed by atoms with E-state index >= 15 is 0 Å². The van der Waals surface area contributed by atoms with Crippen molar-refractivity contribution in [3.05, 3.63) is 35.4 Å². The lowest BCUT2D eigenvalue weighted by molar-refractivity contribution is 0.248. The fraction of sp³-hybridized carbons (Fsp3) is 0.200. The first-order valence-corrected chi connectivity index (χ1v) is 4.85. The van der Waals surface area contributed by atoms with Crippen molar-refractivity contribution in [2.45, 2.75) is 6.92 Å². The van der Waals surface area contributed by atoms with Gasteiger partial charge in [0.15, 0.2) is 0 Å². The van der Waals surface area contributed by atoms with Crippen LogP contribution in [0.25, 0.3) is 0 Å². The Kier molecular flexibility index (Phi) is 3.61. The number of carbonyl (C=O) groups is 1. The third kappa shape index (κ3) is 2.53. The highest BCUT2D eigenvalue weighted by atomic mass is 35.5. The van der Waals surface area contributed by atoms with Gasteiger partial charge < -0.3 is 0 Å². The third-order valence-corrected chi connectivity index (χ3v) is 2.63. The van der Waals surface area contributed by atoms with Crippen LogP contribution in [0.2, 0.25) is 0 Å². The van der Waals surface area contributed by atoms with Crippen LogP contribution in [0.5, 0.6) is 0 Å². The molecule has 1 aromatic carbocycles. The van der Waals surface area contributed by atoms with Gasteiger partial charge >= 0.3 is 5.37 Å². The molecule has 0 unspecified atom stereocenters. The van der Waals surface area contributed by atoms with Gasteiger partial charge in [0.1, 0.15) is 4.99 Å². The van der Waals surface area contributed by atoms with Crippen LogP contribution in [0.1, 0.15) is 11.1 Å². The monoisotopic (exact) mass is 227 g/mol. The number of aryl methyl sites for hydroxylation is 1. The molecule has 14 heavy (non-hydrogen) atoms. The minimum absolute atomic E-state index is 0.435. The van der Waals surface area contributed by atoms with E-state index in [9.17, 15) is 4.79 Å². The summed E-state index contributed by atoms with van der Waals surface area (Å²) in [5.74, 6) is 0. The van der Waals surface area contributed by atoms with Gasteiger partial charge in [0.2, 0.25) is 0 Å². The van der Waals surface area contributed by atoms with Gasteiger partial charge in [0.05, 0.1) is 0 Å². The van der Waals surface area contributed by atoms with Gasteiger partial charge in [-0.2, -0.15) is 0 Å². The summed E-state index contributed by atoms with van der Waals surface area (Å²) in [5, 5.41) is -0.574. The van der Waals surface area contributed by atoms with Crippen molar-refractivity contribution in [2.24, 2.45) is 0 Å². The first-order chi connectivity index (χ1) is 6.52. The zero-order valence-corrected chi connectivity index (χ0v) is 9.52. The first-order valence-electron chi connectivity index (χ1n) is 4.06. The molecular weight excluding hydrogens is 218 g/mol. The van der Waals surface area contributed by atoms with Gasteiger partial charge in [-0.3, -0.25) is 9.69 Å². The van der Waals surface area contributed by atoms with E-state index in [0.717, 1.165) is 11.1 Å². The van der Waals surface area contributed by atoms with Crippen molar-refractivity contribution < 1.29 is 4.79 Å². The summed E-state index contributed by atoms with van der Waals surface area (Å²) in [5.41, 5.74) is 1.97. The van der Waals surface area contributed by atoms with Crippen LogP contribution in [0, 0.1) is 6.92 Å². The molecule has 0 spiro atoms. The number of amides is 1. The molecule has 0 aliphatic rings. The quantitative estimate of drug-likeness (QED) is 0.418. The summed E-state index contributed by atoms with van der Waals surface area (Å²) in [6.07, 6.45) is 0. The summed E-state index contributed by atoms with van der Waals surface area (Å²) >= 11 is 10.4. The van der Waals surface area contributed by atoms with Crippen LogP contribution in [-0.4, -0.2) is 22.3 Å². The number of hydrogen-bond donors (Lipinski definition) is 0. The van der Waals surface area contributed by atoms with Gasteiger partial charge in [0.25, 0.3) is 0 Å². The molecule has 0 aliphatic heterocycles. The highest BCUT2D eigenvalue weighted by Gasteiger charge is 2.11. The van der Waals surface area contributed by atoms with Crippen LogP contribution in [0.15, 0.2) is 24.3 Å².